The molecule has 0 spiro atoms. The summed E-state index contributed by atoms with van der Waals surface area (Å²) in [7, 11) is 1.41. The summed E-state index contributed by atoms with van der Waals surface area (Å²) in [4.78, 5) is 12.2. The highest BCUT2D eigenvalue weighted by atomic mass is 16.5. The van der Waals surface area contributed by atoms with E-state index in [9.17, 15) is 4.79 Å². The molecule has 0 bridgehead atoms. The summed E-state index contributed by atoms with van der Waals surface area (Å²) < 4.78 is 4.97. The second-order valence-corrected chi connectivity index (χ2v) is 6.12. The Labute approximate surface area is 160 Å². The third kappa shape index (κ3) is 4.93. The van der Waals surface area contributed by atoms with E-state index in [1.807, 2.05) is 66.7 Å². The number of carbonyl (C=O) groups is 1. The van der Waals surface area contributed by atoms with E-state index in [-0.39, 0.29) is 5.97 Å². The fourth-order valence-corrected chi connectivity index (χ4v) is 3.02. The van der Waals surface area contributed by atoms with E-state index in [1.54, 1.807) is 0 Å². The molecule has 3 rings (SSSR count). The smallest absolute Gasteiger partial charge is 0.327 e. The Morgan fingerprint density at radius 1 is 0.852 bits per heavy atom. The van der Waals surface area contributed by atoms with E-state index in [4.69, 9.17) is 4.74 Å². The van der Waals surface area contributed by atoms with Crippen LogP contribution in [0.15, 0.2) is 97.1 Å². The van der Waals surface area contributed by atoms with E-state index >= 15 is 0 Å². The van der Waals surface area contributed by atoms with Gasteiger partial charge in [0.25, 0.3) is 0 Å². The molecule has 3 aromatic carbocycles. The molecule has 0 radical (unpaired) electrons. The lowest BCUT2D eigenvalue weighted by Crippen LogP contribution is -2.29. The van der Waals surface area contributed by atoms with Crippen molar-refractivity contribution in [3.05, 3.63) is 114 Å². The molecule has 0 aliphatic heterocycles. The summed E-state index contributed by atoms with van der Waals surface area (Å²) in [5.74, 6) is -0.296. The van der Waals surface area contributed by atoms with Gasteiger partial charge in [-0.25, -0.2) is 4.79 Å². The lowest BCUT2D eigenvalue weighted by molar-refractivity contribution is -0.143. The molecule has 0 fully saturated rings. The second kappa shape index (κ2) is 9.51. The van der Waals surface area contributed by atoms with Crippen molar-refractivity contribution in [2.75, 3.05) is 13.7 Å². The van der Waals surface area contributed by atoms with Gasteiger partial charge in [0.1, 0.15) is 6.04 Å². The lowest BCUT2D eigenvalue weighted by atomic mass is 9.97. The highest BCUT2D eigenvalue weighted by Crippen LogP contribution is 2.23. The molecule has 0 saturated carbocycles. The Bertz CT molecular complexity index is 833. The molecule has 136 valence electrons. The monoisotopic (exact) mass is 357 g/mol. The van der Waals surface area contributed by atoms with Gasteiger partial charge in [-0.1, -0.05) is 97.1 Å². The minimum Gasteiger partial charge on any atom is -0.468 e. The lowest BCUT2D eigenvalue weighted by Gasteiger charge is -2.16. The van der Waals surface area contributed by atoms with Crippen LogP contribution in [0.1, 0.15) is 22.7 Å². The van der Waals surface area contributed by atoms with Gasteiger partial charge in [-0.15, -0.1) is 0 Å². The molecule has 0 saturated heterocycles. The van der Waals surface area contributed by atoms with Crippen LogP contribution in [0.3, 0.4) is 0 Å². The molecule has 1 atom stereocenters. The Kier molecular flexibility index (Phi) is 6.55. The summed E-state index contributed by atoms with van der Waals surface area (Å²) in [6, 6.07) is 29.6. The third-order valence-electron chi connectivity index (χ3n) is 4.37. The maximum Gasteiger partial charge on any atom is 0.327 e. The van der Waals surface area contributed by atoms with Crippen LogP contribution in [0, 0.1) is 0 Å². The van der Waals surface area contributed by atoms with Crippen molar-refractivity contribution < 1.29 is 9.53 Å². The molecular formula is C24H23NO2. The molecule has 3 heteroatoms. The van der Waals surface area contributed by atoms with Crippen molar-refractivity contribution >= 4 is 11.5 Å². The van der Waals surface area contributed by atoms with Crippen LogP contribution in [0.2, 0.25) is 0 Å². The quantitative estimate of drug-likeness (QED) is 0.627. The highest BCUT2D eigenvalue weighted by Gasteiger charge is 2.20. The first-order valence-corrected chi connectivity index (χ1v) is 8.97. The van der Waals surface area contributed by atoms with Crippen LogP contribution >= 0.6 is 0 Å². The molecule has 3 nitrogen and oxygen atoms in total. The Hall–Kier alpha value is -3.17. The maximum absolute atomic E-state index is 12.2. The first-order valence-electron chi connectivity index (χ1n) is 8.97. The topological polar surface area (TPSA) is 38.3 Å². The number of methoxy groups -OCH3 is 1. The largest absolute Gasteiger partial charge is 0.468 e. The summed E-state index contributed by atoms with van der Waals surface area (Å²) in [6.45, 7) is 0.535. The van der Waals surface area contributed by atoms with Crippen LogP contribution in [0.25, 0.3) is 5.57 Å². The van der Waals surface area contributed by atoms with Crippen molar-refractivity contribution in [1.29, 1.82) is 0 Å². The van der Waals surface area contributed by atoms with E-state index < -0.39 is 6.04 Å². The SMILES string of the molecule is COC(=O)[C@@H](NCC=C(c1ccccc1)c1ccccc1)c1ccccc1. The van der Waals surface area contributed by atoms with Gasteiger partial charge < -0.3 is 4.74 Å². The zero-order valence-electron chi connectivity index (χ0n) is 15.3. The fourth-order valence-electron chi connectivity index (χ4n) is 3.02. The van der Waals surface area contributed by atoms with Gasteiger partial charge in [-0.05, 0) is 22.3 Å². The molecule has 0 amide bonds. The van der Waals surface area contributed by atoms with Crippen molar-refractivity contribution in [3.63, 3.8) is 0 Å². The normalized spacial score (nSPS) is 11.4. The molecule has 0 unspecified atom stereocenters. The average Bonchev–Trinajstić information content (AvgIpc) is 2.75. The van der Waals surface area contributed by atoms with Crippen LogP contribution < -0.4 is 5.32 Å². The summed E-state index contributed by atoms with van der Waals surface area (Å²) >= 11 is 0. The molecular weight excluding hydrogens is 334 g/mol. The van der Waals surface area contributed by atoms with Gasteiger partial charge in [0.2, 0.25) is 0 Å². The summed E-state index contributed by atoms with van der Waals surface area (Å²) in [5, 5.41) is 3.31. The van der Waals surface area contributed by atoms with Gasteiger partial charge in [-0.2, -0.15) is 0 Å². The van der Waals surface area contributed by atoms with E-state index in [1.165, 1.54) is 7.11 Å². The summed E-state index contributed by atoms with van der Waals surface area (Å²) in [5.41, 5.74) is 4.29. The minimum absolute atomic E-state index is 0.296. The van der Waals surface area contributed by atoms with Gasteiger partial charge in [0.05, 0.1) is 7.11 Å². The highest BCUT2D eigenvalue weighted by molar-refractivity contribution is 5.80. The van der Waals surface area contributed by atoms with Gasteiger partial charge in [0, 0.05) is 6.54 Å². The number of benzene rings is 3. The predicted octanol–water partition coefficient (Wildman–Crippen LogP) is 4.62. The van der Waals surface area contributed by atoms with Crippen LogP contribution in [0.5, 0.6) is 0 Å². The van der Waals surface area contributed by atoms with Crippen LogP contribution in [0.4, 0.5) is 0 Å². The fraction of sp³-hybridized carbons (Fsp3) is 0.125. The van der Waals surface area contributed by atoms with Crippen LogP contribution in [-0.2, 0) is 9.53 Å². The first kappa shape index (κ1) is 18.6. The van der Waals surface area contributed by atoms with E-state index in [0.29, 0.717) is 6.54 Å². The molecule has 0 aliphatic rings. The van der Waals surface area contributed by atoms with Gasteiger partial charge in [0.15, 0.2) is 0 Å². The number of esters is 1. The molecule has 0 aliphatic carbocycles. The summed E-state index contributed by atoms with van der Waals surface area (Å²) in [6.07, 6.45) is 2.11. The molecule has 0 heterocycles. The first-order chi connectivity index (χ1) is 13.3. The minimum atomic E-state index is -0.500. The number of nitrogens with one attached hydrogen (secondary N) is 1. The number of ether oxygens (including phenoxy) is 1. The Morgan fingerprint density at radius 3 is 1.81 bits per heavy atom. The number of rotatable bonds is 7. The number of hydrogen-bond acceptors (Lipinski definition) is 3. The van der Waals surface area contributed by atoms with Crippen molar-refractivity contribution in [2.45, 2.75) is 6.04 Å². The van der Waals surface area contributed by atoms with Crippen molar-refractivity contribution in [1.82, 2.24) is 5.32 Å². The standard InChI is InChI=1S/C24H23NO2/c1-27-24(26)23(21-15-9-4-10-16-21)25-18-17-22(19-11-5-2-6-12-19)20-13-7-3-8-14-20/h2-17,23,25H,18H2,1H3/t23-/m0/s1. The molecule has 3 aromatic rings. The third-order valence-corrected chi connectivity index (χ3v) is 4.37. The van der Waals surface area contributed by atoms with Crippen LogP contribution in [-0.4, -0.2) is 19.6 Å². The van der Waals surface area contributed by atoms with E-state index in [2.05, 4.69) is 35.7 Å². The average molecular weight is 357 g/mol. The molecule has 27 heavy (non-hydrogen) atoms. The Balaban J connectivity index is 1.84. The predicted molar refractivity (Wildman–Crippen MR) is 109 cm³/mol. The molecule has 0 aromatic heterocycles. The Morgan fingerprint density at radius 2 is 1.33 bits per heavy atom. The molecule has 1 N–H and O–H groups in total. The van der Waals surface area contributed by atoms with Crippen molar-refractivity contribution in [3.8, 4) is 0 Å². The van der Waals surface area contributed by atoms with E-state index in [0.717, 1.165) is 22.3 Å². The zero-order valence-corrected chi connectivity index (χ0v) is 15.3. The maximum atomic E-state index is 12.2. The number of carbonyl (C=O) groups excluding carboxylic acids is 1. The van der Waals surface area contributed by atoms with Gasteiger partial charge >= 0.3 is 5.97 Å². The second-order valence-electron chi connectivity index (χ2n) is 6.12. The zero-order chi connectivity index (χ0) is 18.9. The van der Waals surface area contributed by atoms with Crippen molar-refractivity contribution in [2.24, 2.45) is 0 Å². The number of hydrogen-bond donors (Lipinski definition) is 1. The van der Waals surface area contributed by atoms with Gasteiger partial charge in [-0.3, -0.25) is 5.32 Å².